The Balaban J connectivity index is 2.63. The van der Waals surface area contributed by atoms with Crippen LogP contribution in [-0.2, 0) is 16.6 Å². The molecular weight excluding hydrogens is 333 g/mol. The molecule has 0 atom stereocenters. The maximum absolute atomic E-state index is 12.1. The summed E-state index contributed by atoms with van der Waals surface area (Å²) < 4.78 is 61.3. The van der Waals surface area contributed by atoms with Gasteiger partial charge in [-0.2, -0.15) is 13.2 Å². The topological polar surface area (TPSA) is 82.6 Å². The number of guanidine groups is 1. The highest BCUT2D eigenvalue weighted by Gasteiger charge is 2.26. The van der Waals surface area contributed by atoms with E-state index in [1.54, 1.807) is 24.3 Å². The van der Waals surface area contributed by atoms with Crippen molar-refractivity contribution in [3.8, 4) is 0 Å². The second-order valence-corrected chi connectivity index (χ2v) is 6.50. The van der Waals surface area contributed by atoms with Crippen LogP contribution >= 0.6 is 0 Å². The first-order chi connectivity index (χ1) is 10.6. The zero-order chi connectivity index (χ0) is 17.5. The van der Waals surface area contributed by atoms with E-state index < -0.39 is 22.6 Å². The maximum Gasteiger partial charge on any atom is 0.390 e. The largest absolute Gasteiger partial charge is 0.390 e. The molecule has 0 aromatic heterocycles. The van der Waals surface area contributed by atoms with Crippen LogP contribution in [0.3, 0.4) is 0 Å². The molecule has 0 amide bonds. The predicted molar refractivity (Wildman–Crippen MR) is 83.8 cm³/mol. The lowest BCUT2D eigenvalue weighted by Gasteiger charge is -2.15. The van der Waals surface area contributed by atoms with Gasteiger partial charge in [-0.05, 0) is 11.6 Å². The lowest BCUT2D eigenvalue weighted by Crippen LogP contribution is -2.38. The Morgan fingerprint density at radius 3 is 2.43 bits per heavy atom. The van der Waals surface area contributed by atoms with Crippen molar-refractivity contribution < 1.29 is 21.6 Å². The third-order valence-electron chi connectivity index (χ3n) is 2.68. The van der Waals surface area contributed by atoms with E-state index in [0.29, 0.717) is 11.3 Å². The second kappa shape index (κ2) is 8.04. The quantitative estimate of drug-likeness (QED) is 0.537. The smallest absolute Gasteiger partial charge is 0.356 e. The third kappa shape index (κ3) is 8.29. The molecule has 10 heteroatoms. The Labute approximate surface area is 133 Å². The number of nitrogens with zero attached hydrogens (tertiary/aromatic N) is 1. The highest BCUT2D eigenvalue weighted by atomic mass is 32.2. The van der Waals surface area contributed by atoms with Gasteiger partial charge in [0.2, 0.25) is 10.0 Å². The number of nitrogens with one attached hydrogen (secondary N) is 3. The lowest BCUT2D eigenvalue weighted by molar-refractivity contribution is -0.132. The maximum atomic E-state index is 12.1. The van der Waals surface area contributed by atoms with Gasteiger partial charge in [-0.1, -0.05) is 18.2 Å². The number of hydrogen-bond acceptors (Lipinski definition) is 3. The average Bonchev–Trinajstić information content (AvgIpc) is 2.41. The highest BCUT2D eigenvalue weighted by Crippen LogP contribution is 2.18. The Hall–Kier alpha value is -1.97. The summed E-state index contributed by atoms with van der Waals surface area (Å²) in [5.74, 6) is 0.198. The summed E-state index contributed by atoms with van der Waals surface area (Å²) in [4.78, 5) is 3.82. The molecule has 0 bridgehead atoms. The van der Waals surface area contributed by atoms with Gasteiger partial charge in [0, 0.05) is 20.1 Å². The molecule has 0 saturated heterocycles. The van der Waals surface area contributed by atoms with Gasteiger partial charge in [0.15, 0.2) is 5.96 Å². The molecule has 0 saturated carbocycles. The number of halogens is 3. The van der Waals surface area contributed by atoms with Crippen molar-refractivity contribution in [3.63, 3.8) is 0 Å². The van der Waals surface area contributed by atoms with Crippen molar-refractivity contribution >= 4 is 21.7 Å². The third-order valence-corrected chi connectivity index (χ3v) is 3.27. The van der Waals surface area contributed by atoms with Gasteiger partial charge in [0.25, 0.3) is 0 Å². The second-order valence-electron chi connectivity index (χ2n) is 4.75. The number of benzene rings is 1. The van der Waals surface area contributed by atoms with Crippen LogP contribution in [-0.4, -0.2) is 40.4 Å². The fourth-order valence-electron chi connectivity index (χ4n) is 1.70. The summed E-state index contributed by atoms with van der Waals surface area (Å²) in [5, 5.41) is 5.38. The summed E-state index contributed by atoms with van der Waals surface area (Å²) in [5.41, 5.74) is 1.03. The molecule has 3 N–H and O–H groups in total. The predicted octanol–water partition coefficient (Wildman–Crippen LogP) is 1.68. The van der Waals surface area contributed by atoms with Crippen LogP contribution in [0.2, 0.25) is 0 Å². The molecule has 0 aliphatic heterocycles. The van der Waals surface area contributed by atoms with E-state index >= 15 is 0 Å². The molecule has 1 aromatic rings. The Bertz CT molecular complexity index is 645. The number of anilines is 1. The molecule has 0 radical (unpaired) electrons. The van der Waals surface area contributed by atoms with Gasteiger partial charge >= 0.3 is 6.18 Å². The van der Waals surface area contributed by atoms with Crippen LogP contribution in [0, 0.1) is 0 Å². The Morgan fingerprint density at radius 2 is 1.87 bits per heavy atom. The fraction of sp³-hybridized carbons (Fsp3) is 0.462. The standard InChI is InChI=1S/C13H19F3N4O2S/c1-17-12(18-8-7-13(14,15)16)19-9-10-5-3-4-6-11(10)20-23(2,21)22/h3-6,20H,7-9H2,1-2H3,(H2,17,18,19). The van der Waals surface area contributed by atoms with Crippen molar-refractivity contribution in [3.05, 3.63) is 29.8 Å². The molecular formula is C13H19F3N4O2S. The number of sulfonamides is 1. The first-order valence-corrected chi connectivity index (χ1v) is 8.57. The summed E-state index contributed by atoms with van der Waals surface area (Å²) in [7, 11) is -1.99. The average molecular weight is 352 g/mol. The van der Waals surface area contributed by atoms with Crippen LogP contribution < -0.4 is 15.4 Å². The number of aliphatic imine (C=N–C) groups is 1. The molecule has 0 aliphatic rings. The van der Waals surface area contributed by atoms with E-state index in [1.807, 2.05) is 0 Å². The summed E-state index contributed by atoms with van der Waals surface area (Å²) in [6, 6.07) is 6.69. The molecule has 23 heavy (non-hydrogen) atoms. The summed E-state index contributed by atoms with van der Waals surface area (Å²) in [6.45, 7) is -0.100. The molecule has 1 aromatic carbocycles. The van der Waals surface area contributed by atoms with Crippen molar-refractivity contribution in [2.24, 2.45) is 4.99 Å². The Morgan fingerprint density at radius 1 is 1.22 bits per heavy atom. The number of rotatable bonds is 6. The van der Waals surface area contributed by atoms with E-state index in [4.69, 9.17) is 0 Å². The molecule has 130 valence electrons. The van der Waals surface area contributed by atoms with Crippen LogP contribution in [0.1, 0.15) is 12.0 Å². The van der Waals surface area contributed by atoms with Crippen LogP contribution in [0.5, 0.6) is 0 Å². The van der Waals surface area contributed by atoms with E-state index in [-0.39, 0.29) is 19.0 Å². The zero-order valence-corrected chi connectivity index (χ0v) is 13.6. The highest BCUT2D eigenvalue weighted by molar-refractivity contribution is 7.92. The fourth-order valence-corrected chi connectivity index (χ4v) is 2.29. The van der Waals surface area contributed by atoms with Gasteiger partial charge in [0.1, 0.15) is 0 Å². The van der Waals surface area contributed by atoms with E-state index in [2.05, 4.69) is 20.3 Å². The van der Waals surface area contributed by atoms with Crippen molar-refractivity contribution in [1.82, 2.24) is 10.6 Å². The molecule has 0 unspecified atom stereocenters. The molecule has 0 aliphatic carbocycles. The SMILES string of the molecule is CN=C(NCCC(F)(F)F)NCc1ccccc1NS(C)(=O)=O. The van der Waals surface area contributed by atoms with Crippen LogP contribution in [0.15, 0.2) is 29.3 Å². The molecule has 0 spiro atoms. The molecule has 1 rings (SSSR count). The first-order valence-electron chi connectivity index (χ1n) is 6.68. The summed E-state index contributed by atoms with van der Waals surface area (Å²) in [6.07, 6.45) is -4.17. The van der Waals surface area contributed by atoms with Crippen molar-refractivity contribution in [2.45, 2.75) is 19.1 Å². The minimum absolute atomic E-state index is 0.198. The normalized spacial score (nSPS) is 12.8. The zero-order valence-electron chi connectivity index (χ0n) is 12.7. The van der Waals surface area contributed by atoms with Gasteiger partial charge < -0.3 is 10.6 Å². The van der Waals surface area contributed by atoms with Crippen molar-refractivity contribution in [2.75, 3.05) is 24.6 Å². The van der Waals surface area contributed by atoms with Crippen molar-refractivity contribution in [1.29, 1.82) is 0 Å². The van der Waals surface area contributed by atoms with Crippen LogP contribution in [0.25, 0.3) is 0 Å². The van der Waals surface area contributed by atoms with Gasteiger partial charge in [-0.15, -0.1) is 0 Å². The molecule has 0 heterocycles. The molecule has 6 nitrogen and oxygen atoms in total. The number of alkyl halides is 3. The van der Waals surface area contributed by atoms with Gasteiger partial charge in [-0.25, -0.2) is 8.42 Å². The van der Waals surface area contributed by atoms with E-state index in [0.717, 1.165) is 6.26 Å². The van der Waals surface area contributed by atoms with Gasteiger partial charge in [0.05, 0.1) is 18.4 Å². The minimum Gasteiger partial charge on any atom is -0.356 e. The monoisotopic (exact) mass is 352 g/mol. The first kappa shape index (κ1) is 19.1. The van der Waals surface area contributed by atoms with E-state index in [1.165, 1.54) is 7.05 Å². The summed E-state index contributed by atoms with van der Waals surface area (Å²) >= 11 is 0. The Kier molecular flexibility index (Phi) is 6.67. The number of hydrogen-bond donors (Lipinski definition) is 3. The number of para-hydroxylation sites is 1. The minimum atomic E-state index is -4.24. The van der Waals surface area contributed by atoms with Gasteiger partial charge in [-0.3, -0.25) is 9.71 Å². The molecule has 0 fully saturated rings. The van der Waals surface area contributed by atoms with E-state index in [9.17, 15) is 21.6 Å². The lowest BCUT2D eigenvalue weighted by atomic mass is 10.2. The van der Waals surface area contributed by atoms with Crippen LogP contribution in [0.4, 0.5) is 18.9 Å².